The van der Waals surface area contributed by atoms with Gasteiger partial charge in [0.2, 0.25) is 0 Å². The number of rotatable bonds is 2. The van der Waals surface area contributed by atoms with Crippen LogP contribution in [0.2, 0.25) is 0 Å². The van der Waals surface area contributed by atoms with E-state index in [0.29, 0.717) is 6.04 Å². The highest BCUT2D eigenvalue weighted by Crippen LogP contribution is 2.30. The lowest BCUT2D eigenvalue weighted by atomic mass is 10.1. The van der Waals surface area contributed by atoms with Gasteiger partial charge in [0.1, 0.15) is 0 Å². The third kappa shape index (κ3) is 4.36. The third-order valence-corrected chi connectivity index (χ3v) is 2.97. The Hall–Kier alpha value is -1.89. The fraction of sp³-hybridized carbons (Fsp3) is 0.583. The van der Waals surface area contributed by atoms with E-state index in [1.165, 1.54) is 19.4 Å². The second-order valence-electron chi connectivity index (χ2n) is 4.32. The van der Waals surface area contributed by atoms with Crippen LogP contribution in [0.4, 0.5) is 0 Å². The Morgan fingerprint density at radius 1 is 1.47 bits per heavy atom. The van der Waals surface area contributed by atoms with Gasteiger partial charge in [-0.1, -0.05) is 12.1 Å². The fourth-order valence-corrected chi connectivity index (χ4v) is 1.92. The van der Waals surface area contributed by atoms with Crippen LogP contribution < -0.4 is 0 Å². The minimum Gasteiger partial charge on any atom is -0.473 e. The van der Waals surface area contributed by atoms with Crippen molar-refractivity contribution in [1.82, 2.24) is 10.1 Å². The Kier molecular flexibility index (Phi) is 5.50. The van der Waals surface area contributed by atoms with Gasteiger partial charge in [0.15, 0.2) is 5.76 Å². The first-order chi connectivity index (χ1) is 8.95. The van der Waals surface area contributed by atoms with Gasteiger partial charge in [-0.3, -0.25) is 4.90 Å². The minimum atomic E-state index is -1.82. The smallest absolute Gasteiger partial charge is 0.414 e. The number of hydrogen-bond donors (Lipinski definition) is 2. The molecule has 7 heteroatoms. The number of nitrogens with zero attached hydrogens (tertiary/aromatic N) is 2. The number of carboxylic acid groups (broad SMARTS) is 2. The van der Waals surface area contributed by atoms with Gasteiger partial charge in [0.25, 0.3) is 0 Å². The van der Waals surface area contributed by atoms with Crippen molar-refractivity contribution in [2.75, 3.05) is 13.6 Å². The first-order valence-electron chi connectivity index (χ1n) is 6.07. The lowest BCUT2D eigenvalue weighted by molar-refractivity contribution is -0.159. The average molecular weight is 270 g/mol. The van der Waals surface area contributed by atoms with Gasteiger partial charge in [0.05, 0.1) is 11.7 Å². The largest absolute Gasteiger partial charge is 0.473 e. The normalized spacial score (nSPS) is 18.7. The molecule has 0 aliphatic carbocycles. The Morgan fingerprint density at radius 3 is 2.47 bits per heavy atom. The highest BCUT2D eigenvalue weighted by atomic mass is 16.5. The highest BCUT2D eigenvalue weighted by Gasteiger charge is 2.25. The molecule has 0 unspecified atom stereocenters. The topological polar surface area (TPSA) is 104 Å². The van der Waals surface area contributed by atoms with Gasteiger partial charge in [-0.05, 0) is 32.9 Å². The monoisotopic (exact) mass is 270 g/mol. The molecule has 19 heavy (non-hydrogen) atoms. The zero-order valence-electron chi connectivity index (χ0n) is 11.0. The van der Waals surface area contributed by atoms with E-state index in [0.717, 1.165) is 17.9 Å². The van der Waals surface area contributed by atoms with Gasteiger partial charge >= 0.3 is 11.9 Å². The quantitative estimate of drug-likeness (QED) is 0.777. The summed E-state index contributed by atoms with van der Waals surface area (Å²) < 4.78 is 5.32. The Labute approximate surface area is 110 Å². The molecule has 0 saturated carbocycles. The molecule has 2 heterocycles. The van der Waals surface area contributed by atoms with Gasteiger partial charge in [-0.25, -0.2) is 9.59 Å². The predicted octanol–water partition coefficient (Wildman–Crippen LogP) is 1.16. The second-order valence-corrected chi connectivity index (χ2v) is 4.32. The summed E-state index contributed by atoms with van der Waals surface area (Å²) in [6, 6.07) is 2.56. The van der Waals surface area contributed by atoms with Crippen molar-refractivity contribution in [3.8, 4) is 0 Å². The first-order valence-corrected chi connectivity index (χ1v) is 6.07. The van der Waals surface area contributed by atoms with Crippen LogP contribution in [0.1, 0.15) is 37.3 Å². The number of likely N-dealkylation sites (tertiary alicyclic amines) is 1. The minimum absolute atomic E-state index is 0.466. The molecule has 2 N–H and O–H groups in total. The second kappa shape index (κ2) is 6.89. The van der Waals surface area contributed by atoms with Crippen LogP contribution in [0.5, 0.6) is 0 Å². The van der Waals surface area contributed by atoms with E-state index in [4.69, 9.17) is 24.3 Å². The van der Waals surface area contributed by atoms with Crippen molar-refractivity contribution < 1.29 is 24.3 Å². The summed E-state index contributed by atoms with van der Waals surface area (Å²) >= 11 is 0. The van der Waals surface area contributed by atoms with Gasteiger partial charge < -0.3 is 14.7 Å². The molecule has 1 aliphatic rings. The number of carboxylic acids is 2. The maximum absolute atomic E-state index is 9.10. The summed E-state index contributed by atoms with van der Waals surface area (Å²) in [5.41, 5.74) is 1.07. The number of aliphatic carboxylic acids is 2. The standard InChI is InChI=1S/C10H16N2O.C2H2O4/c1-3-8-7-10(13-11-8)9-5-4-6-12(9)2;3-1(4)2(5)6/h7,9H,3-6H2,1-2H3;(H,3,4)(H,5,6)/t9-;/m0./s1. The van der Waals surface area contributed by atoms with E-state index in [2.05, 4.69) is 30.1 Å². The molecule has 0 bridgehead atoms. The maximum Gasteiger partial charge on any atom is 0.414 e. The average Bonchev–Trinajstić information content (AvgIpc) is 2.97. The van der Waals surface area contributed by atoms with E-state index in [9.17, 15) is 0 Å². The maximum atomic E-state index is 9.10. The van der Waals surface area contributed by atoms with Crippen molar-refractivity contribution in [1.29, 1.82) is 0 Å². The molecule has 1 aromatic heterocycles. The molecule has 1 aromatic rings. The molecule has 106 valence electrons. The van der Waals surface area contributed by atoms with Crippen LogP contribution in [-0.2, 0) is 16.0 Å². The van der Waals surface area contributed by atoms with E-state index in [1.54, 1.807) is 0 Å². The lowest BCUT2D eigenvalue weighted by Crippen LogP contribution is -2.16. The van der Waals surface area contributed by atoms with Gasteiger partial charge in [0, 0.05) is 6.07 Å². The van der Waals surface area contributed by atoms with Crippen LogP contribution in [0, 0.1) is 0 Å². The van der Waals surface area contributed by atoms with Crippen molar-refractivity contribution in [2.45, 2.75) is 32.2 Å². The van der Waals surface area contributed by atoms with Gasteiger partial charge in [-0.2, -0.15) is 0 Å². The first kappa shape index (κ1) is 15.2. The molecule has 1 fully saturated rings. The summed E-state index contributed by atoms with van der Waals surface area (Å²) in [6.45, 7) is 3.27. The summed E-state index contributed by atoms with van der Waals surface area (Å²) in [5.74, 6) is -2.61. The van der Waals surface area contributed by atoms with Crippen molar-refractivity contribution >= 4 is 11.9 Å². The number of carbonyl (C=O) groups is 2. The molecule has 0 radical (unpaired) electrons. The van der Waals surface area contributed by atoms with Crippen LogP contribution in [-0.4, -0.2) is 45.8 Å². The Balaban J connectivity index is 0.000000258. The van der Waals surface area contributed by atoms with Crippen LogP contribution in [0.15, 0.2) is 10.6 Å². The van der Waals surface area contributed by atoms with E-state index in [1.807, 2.05) is 0 Å². The SMILES string of the molecule is CCc1cc([C@@H]2CCCN2C)on1.O=C(O)C(=O)O. The van der Waals surface area contributed by atoms with Gasteiger partial charge in [-0.15, -0.1) is 0 Å². The Morgan fingerprint density at radius 2 is 2.11 bits per heavy atom. The van der Waals surface area contributed by atoms with Crippen molar-refractivity contribution in [3.05, 3.63) is 17.5 Å². The summed E-state index contributed by atoms with van der Waals surface area (Å²) in [7, 11) is 2.14. The lowest BCUT2D eigenvalue weighted by Gasteiger charge is -2.15. The fourth-order valence-electron chi connectivity index (χ4n) is 1.92. The van der Waals surface area contributed by atoms with E-state index < -0.39 is 11.9 Å². The highest BCUT2D eigenvalue weighted by molar-refractivity contribution is 6.27. The van der Waals surface area contributed by atoms with Crippen LogP contribution in [0.3, 0.4) is 0 Å². The summed E-state index contributed by atoms with van der Waals surface area (Å²) in [4.78, 5) is 20.5. The van der Waals surface area contributed by atoms with E-state index in [-0.39, 0.29) is 0 Å². The molecule has 7 nitrogen and oxygen atoms in total. The summed E-state index contributed by atoms with van der Waals surface area (Å²) in [6.07, 6.45) is 3.43. The number of hydrogen-bond acceptors (Lipinski definition) is 5. The molecule has 1 saturated heterocycles. The molecule has 0 spiro atoms. The Bertz CT molecular complexity index is 431. The summed E-state index contributed by atoms with van der Waals surface area (Å²) in [5, 5.41) is 18.8. The zero-order valence-corrected chi connectivity index (χ0v) is 11.0. The van der Waals surface area contributed by atoms with Crippen molar-refractivity contribution in [3.63, 3.8) is 0 Å². The third-order valence-electron chi connectivity index (χ3n) is 2.97. The van der Waals surface area contributed by atoms with Crippen molar-refractivity contribution in [2.24, 2.45) is 0 Å². The number of aryl methyl sites for hydroxylation is 1. The molecular formula is C12H18N2O5. The van der Waals surface area contributed by atoms with Crippen LogP contribution in [0.25, 0.3) is 0 Å². The van der Waals surface area contributed by atoms with E-state index >= 15 is 0 Å². The number of aromatic nitrogens is 1. The predicted molar refractivity (Wildman–Crippen MR) is 65.8 cm³/mol. The molecule has 0 aromatic carbocycles. The zero-order chi connectivity index (χ0) is 14.4. The van der Waals surface area contributed by atoms with Crippen LogP contribution >= 0.6 is 0 Å². The molecule has 1 atom stereocenters. The molecule has 2 rings (SSSR count). The molecule has 0 amide bonds. The molecule has 1 aliphatic heterocycles. The molecular weight excluding hydrogens is 252 g/mol.